The molecule has 1 aromatic heterocycles. The van der Waals surface area contributed by atoms with Crippen molar-refractivity contribution in [3.63, 3.8) is 0 Å². The van der Waals surface area contributed by atoms with Crippen LogP contribution in [0.15, 0.2) is 53.1 Å². The van der Waals surface area contributed by atoms with Gasteiger partial charge < -0.3 is 4.74 Å². The zero-order chi connectivity index (χ0) is 14.8. The standard InChI is InChI=1S/C16H10BrClFNO/c17-14-6-5-11(19)7-15(14)21-16-13-4-2-1-3-12(13)10(8-18)9-20-16/h1-7,9H,8H2. The number of benzene rings is 2. The molecule has 0 saturated heterocycles. The molecule has 5 heteroatoms. The fourth-order valence-electron chi connectivity index (χ4n) is 2.07. The summed E-state index contributed by atoms with van der Waals surface area (Å²) >= 11 is 9.27. The van der Waals surface area contributed by atoms with E-state index in [1.807, 2.05) is 24.3 Å². The highest BCUT2D eigenvalue weighted by Crippen LogP contribution is 2.34. The maximum absolute atomic E-state index is 13.3. The van der Waals surface area contributed by atoms with E-state index in [4.69, 9.17) is 16.3 Å². The maximum atomic E-state index is 13.3. The van der Waals surface area contributed by atoms with Crippen LogP contribution in [0.1, 0.15) is 5.56 Å². The number of alkyl halides is 1. The average molecular weight is 367 g/mol. The molecule has 0 saturated carbocycles. The van der Waals surface area contributed by atoms with E-state index in [0.717, 1.165) is 16.3 Å². The summed E-state index contributed by atoms with van der Waals surface area (Å²) in [5.41, 5.74) is 0.929. The molecule has 0 bridgehead atoms. The predicted octanol–water partition coefficient (Wildman–Crippen LogP) is 5.67. The molecule has 2 nitrogen and oxygen atoms in total. The maximum Gasteiger partial charge on any atom is 0.227 e. The van der Waals surface area contributed by atoms with Crippen molar-refractivity contribution in [1.82, 2.24) is 4.98 Å². The van der Waals surface area contributed by atoms with Crippen LogP contribution in [0, 0.1) is 5.82 Å². The molecular formula is C16H10BrClFNO. The van der Waals surface area contributed by atoms with Crippen LogP contribution in [0.4, 0.5) is 4.39 Å². The number of fused-ring (bicyclic) bond motifs is 1. The van der Waals surface area contributed by atoms with Gasteiger partial charge in [-0.05, 0) is 45.1 Å². The SMILES string of the molecule is Fc1ccc(Br)c(Oc2ncc(CCl)c3ccccc23)c1. The normalized spacial score (nSPS) is 10.8. The van der Waals surface area contributed by atoms with Crippen LogP contribution in [-0.2, 0) is 5.88 Å². The Labute approximate surface area is 134 Å². The van der Waals surface area contributed by atoms with E-state index < -0.39 is 0 Å². The first-order valence-corrected chi connectivity index (χ1v) is 7.57. The van der Waals surface area contributed by atoms with Crippen LogP contribution in [0.25, 0.3) is 10.8 Å². The summed E-state index contributed by atoms with van der Waals surface area (Å²) in [6, 6.07) is 12.0. The van der Waals surface area contributed by atoms with Gasteiger partial charge in [0, 0.05) is 23.5 Å². The Hall–Kier alpha value is -1.65. The third-order valence-electron chi connectivity index (χ3n) is 3.08. The highest BCUT2D eigenvalue weighted by molar-refractivity contribution is 9.10. The van der Waals surface area contributed by atoms with E-state index in [-0.39, 0.29) is 5.82 Å². The van der Waals surface area contributed by atoms with Crippen molar-refractivity contribution in [2.75, 3.05) is 0 Å². The van der Waals surface area contributed by atoms with Gasteiger partial charge in [-0.3, -0.25) is 0 Å². The van der Waals surface area contributed by atoms with E-state index in [0.29, 0.717) is 22.0 Å². The van der Waals surface area contributed by atoms with Crippen molar-refractivity contribution in [1.29, 1.82) is 0 Å². The Bertz CT molecular complexity index is 809. The molecule has 0 N–H and O–H groups in total. The molecule has 3 rings (SSSR count). The summed E-state index contributed by atoms with van der Waals surface area (Å²) in [5, 5.41) is 1.82. The third-order valence-corrected chi connectivity index (χ3v) is 4.03. The van der Waals surface area contributed by atoms with Gasteiger partial charge in [0.1, 0.15) is 11.6 Å². The lowest BCUT2D eigenvalue weighted by Crippen LogP contribution is -1.93. The fourth-order valence-corrected chi connectivity index (χ4v) is 2.61. The minimum Gasteiger partial charge on any atom is -0.437 e. The second-order valence-electron chi connectivity index (χ2n) is 4.44. The van der Waals surface area contributed by atoms with Gasteiger partial charge in [0.2, 0.25) is 5.88 Å². The number of aromatic nitrogens is 1. The number of halogens is 3. The molecule has 1 heterocycles. The first-order chi connectivity index (χ1) is 10.2. The Kier molecular flexibility index (Phi) is 4.08. The fraction of sp³-hybridized carbons (Fsp3) is 0.0625. The van der Waals surface area contributed by atoms with Crippen molar-refractivity contribution in [2.45, 2.75) is 5.88 Å². The minimum absolute atomic E-state index is 0.366. The van der Waals surface area contributed by atoms with Gasteiger partial charge in [-0.2, -0.15) is 0 Å². The monoisotopic (exact) mass is 365 g/mol. The van der Waals surface area contributed by atoms with Gasteiger partial charge in [-0.15, -0.1) is 11.6 Å². The Morgan fingerprint density at radius 2 is 1.90 bits per heavy atom. The Morgan fingerprint density at radius 3 is 2.67 bits per heavy atom. The smallest absolute Gasteiger partial charge is 0.227 e. The van der Waals surface area contributed by atoms with Crippen LogP contribution in [0.5, 0.6) is 11.6 Å². The highest BCUT2D eigenvalue weighted by atomic mass is 79.9. The summed E-state index contributed by atoms with van der Waals surface area (Å²) in [7, 11) is 0. The second kappa shape index (κ2) is 6.00. The summed E-state index contributed by atoms with van der Waals surface area (Å²) in [6.07, 6.45) is 1.68. The Morgan fingerprint density at radius 1 is 1.14 bits per heavy atom. The zero-order valence-electron chi connectivity index (χ0n) is 10.8. The van der Waals surface area contributed by atoms with Crippen LogP contribution in [-0.4, -0.2) is 4.98 Å². The number of pyridine rings is 1. The predicted molar refractivity (Wildman–Crippen MR) is 85.5 cm³/mol. The first-order valence-electron chi connectivity index (χ1n) is 6.24. The summed E-state index contributed by atoms with van der Waals surface area (Å²) < 4.78 is 19.8. The summed E-state index contributed by atoms with van der Waals surface area (Å²) in [5.74, 6) is 0.809. The third kappa shape index (κ3) is 2.87. The molecule has 0 spiro atoms. The zero-order valence-corrected chi connectivity index (χ0v) is 13.2. The second-order valence-corrected chi connectivity index (χ2v) is 5.57. The summed E-state index contributed by atoms with van der Waals surface area (Å²) in [6.45, 7) is 0. The van der Waals surface area contributed by atoms with Gasteiger partial charge in [-0.1, -0.05) is 18.2 Å². The number of ether oxygens (including phenoxy) is 1. The number of hydrogen-bond donors (Lipinski definition) is 0. The highest BCUT2D eigenvalue weighted by Gasteiger charge is 2.11. The molecule has 2 aromatic carbocycles. The van der Waals surface area contributed by atoms with E-state index in [1.165, 1.54) is 12.1 Å². The lowest BCUT2D eigenvalue weighted by molar-refractivity contribution is 0.461. The number of hydrogen-bond acceptors (Lipinski definition) is 2. The van der Waals surface area contributed by atoms with Gasteiger partial charge >= 0.3 is 0 Å². The molecule has 0 unspecified atom stereocenters. The molecule has 0 aliphatic heterocycles. The van der Waals surface area contributed by atoms with Crippen LogP contribution < -0.4 is 4.74 Å². The molecule has 0 atom stereocenters. The minimum atomic E-state index is -0.366. The van der Waals surface area contributed by atoms with E-state index in [2.05, 4.69) is 20.9 Å². The topological polar surface area (TPSA) is 22.1 Å². The van der Waals surface area contributed by atoms with Gasteiger partial charge in [0.05, 0.1) is 4.47 Å². The number of rotatable bonds is 3. The Balaban J connectivity index is 2.11. The van der Waals surface area contributed by atoms with E-state index >= 15 is 0 Å². The van der Waals surface area contributed by atoms with Crippen molar-refractivity contribution >= 4 is 38.3 Å². The molecule has 106 valence electrons. The lowest BCUT2D eigenvalue weighted by atomic mass is 10.1. The van der Waals surface area contributed by atoms with E-state index in [1.54, 1.807) is 12.3 Å². The van der Waals surface area contributed by atoms with Gasteiger partial charge in [0.15, 0.2) is 0 Å². The van der Waals surface area contributed by atoms with Crippen LogP contribution in [0.2, 0.25) is 0 Å². The van der Waals surface area contributed by atoms with E-state index in [9.17, 15) is 4.39 Å². The van der Waals surface area contributed by atoms with Gasteiger partial charge in [-0.25, -0.2) is 9.37 Å². The molecule has 3 aromatic rings. The van der Waals surface area contributed by atoms with Crippen molar-refractivity contribution < 1.29 is 9.13 Å². The molecule has 21 heavy (non-hydrogen) atoms. The summed E-state index contributed by atoms with van der Waals surface area (Å²) in [4.78, 5) is 4.29. The average Bonchev–Trinajstić information content (AvgIpc) is 2.51. The molecule has 0 amide bonds. The molecular weight excluding hydrogens is 357 g/mol. The first kappa shape index (κ1) is 14.3. The van der Waals surface area contributed by atoms with Gasteiger partial charge in [0.25, 0.3) is 0 Å². The van der Waals surface area contributed by atoms with Crippen molar-refractivity contribution in [3.8, 4) is 11.6 Å². The van der Waals surface area contributed by atoms with Crippen LogP contribution >= 0.6 is 27.5 Å². The lowest BCUT2D eigenvalue weighted by Gasteiger charge is -2.11. The molecule has 0 radical (unpaired) electrons. The van der Waals surface area contributed by atoms with Crippen LogP contribution in [0.3, 0.4) is 0 Å². The molecule has 0 aliphatic carbocycles. The van der Waals surface area contributed by atoms with Crippen molar-refractivity contribution in [3.05, 3.63) is 64.5 Å². The van der Waals surface area contributed by atoms with Crippen molar-refractivity contribution in [2.24, 2.45) is 0 Å². The molecule has 0 aliphatic rings. The molecule has 0 fully saturated rings. The largest absolute Gasteiger partial charge is 0.437 e. The number of nitrogens with zero attached hydrogens (tertiary/aromatic N) is 1. The quantitative estimate of drug-likeness (QED) is 0.557.